The van der Waals surface area contributed by atoms with E-state index >= 15 is 0 Å². The predicted octanol–water partition coefficient (Wildman–Crippen LogP) is 3.80. The van der Waals surface area contributed by atoms with Crippen molar-refractivity contribution in [2.75, 3.05) is 4.72 Å². The van der Waals surface area contributed by atoms with Crippen molar-refractivity contribution in [3.8, 4) is 0 Å². The monoisotopic (exact) mass is 380 g/mol. The first-order valence-corrected chi connectivity index (χ1v) is 9.05. The zero-order valence-electron chi connectivity index (χ0n) is 10.7. The zero-order valence-corrected chi connectivity index (χ0v) is 14.6. The molecular weight excluding hydrogens is 371 g/mol. The summed E-state index contributed by atoms with van der Waals surface area (Å²) in [5, 5.41) is 0.369. The first-order valence-electron chi connectivity index (χ1n) is 5.59. The normalized spacial score (nSPS) is 11.4. The number of sulfonamides is 1. The molecule has 0 amide bonds. The summed E-state index contributed by atoms with van der Waals surface area (Å²) in [7, 11) is -3.78. The van der Waals surface area contributed by atoms with Crippen molar-refractivity contribution in [2.24, 2.45) is 5.73 Å². The molecule has 9 heteroatoms. The van der Waals surface area contributed by atoms with Crippen LogP contribution in [0, 0.1) is 6.92 Å². The number of thiocarbonyl (C=S) groups is 1. The minimum absolute atomic E-state index is 0.0739. The summed E-state index contributed by atoms with van der Waals surface area (Å²) >= 11 is 17.7. The molecule has 1 aromatic heterocycles. The van der Waals surface area contributed by atoms with Gasteiger partial charge in [-0.1, -0.05) is 35.4 Å². The van der Waals surface area contributed by atoms with Gasteiger partial charge in [0.2, 0.25) is 0 Å². The van der Waals surface area contributed by atoms with E-state index in [-0.39, 0.29) is 14.9 Å². The molecule has 3 N–H and O–H groups in total. The van der Waals surface area contributed by atoms with Gasteiger partial charge < -0.3 is 5.73 Å². The molecule has 0 aliphatic carbocycles. The third-order valence-corrected chi connectivity index (χ3v) is 6.44. The van der Waals surface area contributed by atoms with Crippen molar-refractivity contribution >= 4 is 67.5 Å². The summed E-state index contributed by atoms with van der Waals surface area (Å²) in [5.74, 6) is 0. The molecule has 0 aliphatic heterocycles. The van der Waals surface area contributed by atoms with E-state index in [9.17, 15) is 8.42 Å². The Bertz CT molecular complexity index is 796. The molecule has 4 nitrogen and oxygen atoms in total. The number of anilines is 1. The van der Waals surface area contributed by atoms with Gasteiger partial charge in [-0.25, -0.2) is 8.42 Å². The predicted molar refractivity (Wildman–Crippen MR) is 92.2 cm³/mol. The van der Waals surface area contributed by atoms with Crippen molar-refractivity contribution in [3.63, 3.8) is 0 Å². The Morgan fingerprint density at radius 2 is 2.00 bits per heavy atom. The van der Waals surface area contributed by atoms with E-state index in [0.29, 0.717) is 20.5 Å². The summed E-state index contributed by atoms with van der Waals surface area (Å²) in [5.41, 5.74) is 6.92. The van der Waals surface area contributed by atoms with Gasteiger partial charge in [0, 0.05) is 10.6 Å². The minimum atomic E-state index is -3.78. The fraction of sp³-hybridized carbons (Fsp3) is 0.0833. The summed E-state index contributed by atoms with van der Waals surface area (Å²) < 4.78 is 27.7. The summed E-state index contributed by atoms with van der Waals surface area (Å²) in [4.78, 5) is 0.0739. The molecule has 112 valence electrons. The van der Waals surface area contributed by atoms with Crippen molar-refractivity contribution in [1.29, 1.82) is 0 Å². The van der Waals surface area contributed by atoms with Crippen LogP contribution in [0.15, 0.2) is 28.5 Å². The fourth-order valence-corrected chi connectivity index (χ4v) is 4.70. The molecule has 0 saturated carbocycles. The lowest BCUT2D eigenvalue weighted by Gasteiger charge is -2.11. The fourth-order valence-electron chi connectivity index (χ4n) is 1.58. The molecule has 0 spiro atoms. The molecule has 2 rings (SSSR count). The highest BCUT2D eigenvalue weighted by molar-refractivity contribution is 7.94. The number of rotatable bonds is 4. The quantitative estimate of drug-likeness (QED) is 0.791. The van der Waals surface area contributed by atoms with Crippen LogP contribution < -0.4 is 10.5 Å². The topological polar surface area (TPSA) is 72.2 Å². The maximum Gasteiger partial charge on any atom is 0.271 e. The van der Waals surface area contributed by atoms with E-state index < -0.39 is 10.0 Å². The molecule has 0 radical (unpaired) electrons. The standard InChI is InChI=1S/C12H10Cl2N2O2S3/c1-6-4-10(20-11(6)14)21(17,18)16-9-5-7(13)2-3-8(9)12(15)19/h2-5,16H,1H3,(H2,15,19). The van der Waals surface area contributed by atoms with Crippen LogP contribution in [0.5, 0.6) is 0 Å². The van der Waals surface area contributed by atoms with Crippen LogP contribution in [0.1, 0.15) is 11.1 Å². The largest absolute Gasteiger partial charge is 0.389 e. The van der Waals surface area contributed by atoms with Crippen LogP contribution in [0.2, 0.25) is 9.36 Å². The van der Waals surface area contributed by atoms with Gasteiger partial charge in [0.05, 0.1) is 10.0 Å². The highest BCUT2D eigenvalue weighted by Gasteiger charge is 2.20. The zero-order chi connectivity index (χ0) is 15.8. The molecule has 21 heavy (non-hydrogen) atoms. The SMILES string of the molecule is Cc1cc(S(=O)(=O)Nc2cc(Cl)ccc2C(N)=S)sc1Cl. The molecule has 0 bridgehead atoms. The Kier molecular flexibility index (Phi) is 4.79. The van der Waals surface area contributed by atoms with Crippen LogP contribution in [0.3, 0.4) is 0 Å². The average molecular weight is 381 g/mol. The number of benzene rings is 1. The smallest absolute Gasteiger partial charge is 0.271 e. The number of hydrogen-bond acceptors (Lipinski definition) is 4. The highest BCUT2D eigenvalue weighted by atomic mass is 35.5. The van der Waals surface area contributed by atoms with Crippen molar-refractivity contribution in [3.05, 3.63) is 44.8 Å². The Morgan fingerprint density at radius 1 is 1.33 bits per heavy atom. The minimum Gasteiger partial charge on any atom is -0.389 e. The van der Waals surface area contributed by atoms with Crippen LogP contribution in [0.4, 0.5) is 5.69 Å². The third-order valence-electron chi connectivity index (χ3n) is 2.59. The van der Waals surface area contributed by atoms with Crippen LogP contribution in [0.25, 0.3) is 0 Å². The number of hydrogen-bond donors (Lipinski definition) is 2. The highest BCUT2D eigenvalue weighted by Crippen LogP contribution is 2.32. The van der Waals surface area contributed by atoms with Gasteiger partial charge in [-0.05, 0) is 36.8 Å². The summed E-state index contributed by atoms with van der Waals surface area (Å²) in [6.07, 6.45) is 0. The van der Waals surface area contributed by atoms with Gasteiger partial charge in [0.15, 0.2) is 0 Å². The van der Waals surface area contributed by atoms with Gasteiger partial charge in [-0.3, -0.25) is 4.72 Å². The second-order valence-corrected chi connectivity index (χ2v) is 8.62. The number of thiophene rings is 1. The molecular formula is C12H10Cl2N2O2S3. The molecule has 0 unspecified atom stereocenters. The first kappa shape index (κ1) is 16.5. The van der Waals surface area contributed by atoms with E-state index in [0.717, 1.165) is 11.3 Å². The van der Waals surface area contributed by atoms with E-state index in [1.807, 2.05) is 0 Å². The molecule has 2 aromatic rings. The number of nitrogens with two attached hydrogens (primary N) is 1. The van der Waals surface area contributed by atoms with E-state index in [1.165, 1.54) is 12.1 Å². The molecule has 1 aromatic carbocycles. The van der Waals surface area contributed by atoms with Crippen LogP contribution >= 0.6 is 46.8 Å². The Balaban J connectivity index is 2.45. The molecule has 0 saturated heterocycles. The average Bonchev–Trinajstić information content (AvgIpc) is 2.69. The second kappa shape index (κ2) is 6.10. The Morgan fingerprint density at radius 3 is 2.52 bits per heavy atom. The van der Waals surface area contributed by atoms with Crippen molar-refractivity contribution in [1.82, 2.24) is 0 Å². The van der Waals surface area contributed by atoms with Crippen molar-refractivity contribution in [2.45, 2.75) is 11.1 Å². The maximum atomic E-state index is 12.4. The van der Waals surface area contributed by atoms with Crippen LogP contribution in [-0.4, -0.2) is 13.4 Å². The number of halogens is 2. The van der Waals surface area contributed by atoms with Gasteiger partial charge in [-0.2, -0.15) is 0 Å². The third kappa shape index (κ3) is 3.67. The number of nitrogens with one attached hydrogen (secondary N) is 1. The lowest BCUT2D eigenvalue weighted by atomic mass is 10.2. The second-order valence-electron chi connectivity index (χ2n) is 4.18. The van der Waals surface area contributed by atoms with Crippen molar-refractivity contribution < 1.29 is 8.42 Å². The van der Waals surface area contributed by atoms with E-state index in [2.05, 4.69) is 4.72 Å². The lowest BCUT2D eigenvalue weighted by molar-refractivity contribution is 0.603. The maximum absolute atomic E-state index is 12.4. The first-order chi connectivity index (χ1) is 9.70. The van der Waals surface area contributed by atoms with Gasteiger partial charge >= 0.3 is 0 Å². The van der Waals surface area contributed by atoms with E-state index in [4.69, 9.17) is 41.2 Å². The Hall–Kier alpha value is -0.860. The molecule has 0 fully saturated rings. The summed E-state index contributed by atoms with van der Waals surface area (Å²) in [6.45, 7) is 1.73. The number of aryl methyl sites for hydroxylation is 1. The lowest BCUT2D eigenvalue weighted by Crippen LogP contribution is -2.17. The van der Waals surface area contributed by atoms with E-state index in [1.54, 1.807) is 19.1 Å². The molecule has 1 heterocycles. The molecule has 0 atom stereocenters. The Labute approximate surface area is 141 Å². The summed E-state index contributed by atoms with van der Waals surface area (Å²) in [6, 6.07) is 6.10. The van der Waals surface area contributed by atoms with Crippen LogP contribution in [-0.2, 0) is 10.0 Å². The molecule has 0 aliphatic rings. The van der Waals surface area contributed by atoms with Gasteiger partial charge in [0.25, 0.3) is 10.0 Å². The van der Waals surface area contributed by atoms with Gasteiger partial charge in [0.1, 0.15) is 9.20 Å². The van der Waals surface area contributed by atoms with Gasteiger partial charge in [-0.15, -0.1) is 11.3 Å².